The van der Waals surface area contributed by atoms with Crippen molar-refractivity contribution in [1.29, 1.82) is 0 Å². The Bertz CT molecular complexity index is 733. The highest BCUT2D eigenvalue weighted by atomic mass is 16.4. The molecule has 4 heteroatoms. The van der Waals surface area contributed by atoms with Crippen molar-refractivity contribution in [3.05, 3.63) is 65.7 Å². The van der Waals surface area contributed by atoms with Gasteiger partial charge in [-0.25, -0.2) is 0 Å². The Hall–Kier alpha value is -2.62. The first-order chi connectivity index (χ1) is 11.5. The average molecular weight is 323 g/mol. The molecule has 1 amide bonds. The molecule has 0 aliphatic heterocycles. The molecule has 2 N–H and O–H groups in total. The number of anilines is 1. The zero-order valence-electron chi connectivity index (χ0n) is 13.7. The van der Waals surface area contributed by atoms with Gasteiger partial charge < -0.3 is 10.4 Å². The lowest BCUT2D eigenvalue weighted by atomic mass is 9.95. The molecule has 0 bridgehead atoms. The Morgan fingerprint density at radius 2 is 1.71 bits per heavy atom. The van der Waals surface area contributed by atoms with Crippen LogP contribution in [0.15, 0.2) is 54.6 Å². The van der Waals surface area contributed by atoms with E-state index in [1.165, 1.54) is 0 Å². The summed E-state index contributed by atoms with van der Waals surface area (Å²) in [5.41, 5.74) is 2.37. The fourth-order valence-electron chi connectivity index (χ4n) is 2.94. The van der Waals surface area contributed by atoms with Gasteiger partial charge >= 0.3 is 5.97 Å². The van der Waals surface area contributed by atoms with E-state index in [-0.39, 0.29) is 5.91 Å². The van der Waals surface area contributed by atoms with Crippen molar-refractivity contribution < 1.29 is 14.7 Å². The third-order valence-electron chi connectivity index (χ3n) is 4.69. The summed E-state index contributed by atoms with van der Waals surface area (Å²) < 4.78 is 0. The lowest BCUT2D eigenvalue weighted by Gasteiger charge is -2.16. The number of carbonyl (C=O) groups is 2. The second kappa shape index (κ2) is 6.48. The minimum Gasteiger partial charge on any atom is -0.481 e. The average Bonchev–Trinajstić information content (AvgIpc) is 3.39. The summed E-state index contributed by atoms with van der Waals surface area (Å²) in [7, 11) is 0. The largest absolute Gasteiger partial charge is 0.481 e. The summed E-state index contributed by atoms with van der Waals surface area (Å²) in [5, 5.41) is 12.0. The molecule has 24 heavy (non-hydrogen) atoms. The molecule has 1 unspecified atom stereocenters. The molecule has 3 rings (SSSR count). The molecule has 1 atom stereocenters. The van der Waals surface area contributed by atoms with Crippen LogP contribution < -0.4 is 5.32 Å². The first-order valence-electron chi connectivity index (χ1n) is 8.20. The number of benzene rings is 2. The van der Waals surface area contributed by atoms with Gasteiger partial charge in [-0.15, -0.1) is 0 Å². The number of hydrogen-bond acceptors (Lipinski definition) is 2. The number of carboxylic acids is 1. The predicted molar refractivity (Wildman–Crippen MR) is 92.9 cm³/mol. The monoisotopic (exact) mass is 323 g/mol. The maximum absolute atomic E-state index is 12.7. The van der Waals surface area contributed by atoms with Crippen LogP contribution in [0.3, 0.4) is 0 Å². The molecule has 0 saturated heterocycles. The predicted octanol–water partition coefficient (Wildman–Crippen LogP) is 3.62. The number of aliphatic carboxylic acids is 1. The Balaban J connectivity index is 1.66. The summed E-state index contributed by atoms with van der Waals surface area (Å²) in [6.45, 7) is 1.69. The molecule has 0 spiro atoms. The van der Waals surface area contributed by atoms with Crippen LogP contribution in [-0.4, -0.2) is 17.0 Å². The number of rotatable bonds is 6. The van der Waals surface area contributed by atoms with Crippen molar-refractivity contribution in [2.75, 3.05) is 5.32 Å². The zero-order valence-corrected chi connectivity index (χ0v) is 13.7. The topological polar surface area (TPSA) is 66.4 Å². The molecule has 0 aromatic heterocycles. The molecule has 2 aromatic carbocycles. The van der Waals surface area contributed by atoms with Gasteiger partial charge in [-0.2, -0.15) is 0 Å². The first kappa shape index (κ1) is 16.2. The number of nitrogens with one attached hydrogen (secondary N) is 1. The van der Waals surface area contributed by atoms with Gasteiger partial charge in [0.15, 0.2) is 0 Å². The van der Waals surface area contributed by atoms with E-state index < -0.39 is 17.3 Å². The fourth-order valence-corrected chi connectivity index (χ4v) is 2.94. The van der Waals surface area contributed by atoms with Crippen LogP contribution >= 0.6 is 0 Å². The normalized spacial score (nSPS) is 16.2. The molecule has 0 radical (unpaired) electrons. The first-order valence-corrected chi connectivity index (χ1v) is 8.20. The van der Waals surface area contributed by atoms with E-state index in [9.17, 15) is 9.59 Å². The third kappa shape index (κ3) is 3.32. The minimum absolute atomic E-state index is 0.0281. The van der Waals surface area contributed by atoms with Crippen molar-refractivity contribution in [2.24, 2.45) is 5.92 Å². The molecule has 124 valence electrons. The maximum Gasteiger partial charge on any atom is 0.306 e. The fraction of sp³-hybridized carbons (Fsp3) is 0.300. The van der Waals surface area contributed by atoms with E-state index in [1.54, 1.807) is 6.92 Å². The van der Waals surface area contributed by atoms with Gasteiger partial charge in [0, 0.05) is 5.69 Å². The molecule has 4 nitrogen and oxygen atoms in total. The number of carbonyl (C=O) groups excluding carboxylic acids is 1. The van der Waals surface area contributed by atoms with E-state index in [0.717, 1.165) is 29.7 Å². The third-order valence-corrected chi connectivity index (χ3v) is 4.69. The molecule has 2 aromatic rings. The standard InChI is InChI=1S/C20H21NO3/c1-14(18(22)23)13-15-7-9-17(10-8-15)21-19(24)20(11-12-20)16-5-3-2-4-6-16/h2-10,14H,11-13H2,1H3,(H,21,24)(H,22,23). The lowest BCUT2D eigenvalue weighted by molar-refractivity contribution is -0.141. The van der Waals surface area contributed by atoms with Gasteiger partial charge in [-0.3, -0.25) is 9.59 Å². The Labute approximate surface area is 141 Å². The maximum atomic E-state index is 12.7. The van der Waals surface area contributed by atoms with Crippen LogP contribution in [0.1, 0.15) is 30.9 Å². The van der Waals surface area contributed by atoms with Crippen molar-refractivity contribution in [3.63, 3.8) is 0 Å². The molecular formula is C20H21NO3. The Kier molecular flexibility index (Phi) is 4.38. The summed E-state index contributed by atoms with van der Waals surface area (Å²) in [4.78, 5) is 23.6. The van der Waals surface area contributed by atoms with Crippen LogP contribution in [0.2, 0.25) is 0 Å². The second-order valence-electron chi connectivity index (χ2n) is 6.54. The lowest BCUT2D eigenvalue weighted by Crippen LogP contribution is -2.27. The van der Waals surface area contributed by atoms with E-state index in [4.69, 9.17) is 5.11 Å². The quantitative estimate of drug-likeness (QED) is 0.853. The molecule has 1 fully saturated rings. The van der Waals surface area contributed by atoms with Crippen LogP contribution in [0, 0.1) is 5.92 Å². The van der Waals surface area contributed by atoms with Crippen molar-refractivity contribution in [2.45, 2.75) is 31.6 Å². The van der Waals surface area contributed by atoms with Crippen LogP contribution in [-0.2, 0) is 21.4 Å². The Morgan fingerprint density at radius 3 is 2.25 bits per heavy atom. The van der Waals surface area contributed by atoms with Crippen molar-refractivity contribution >= 4 is 17.6 Å². The summed E-state index contributed by atoms with van der Waals surface area (Å²) >= 11 is 0. The molecule has 1 saturated carbocycles. The van der Waals surface area contributed by atoms with Crippen LogP contribution in [0.5, 0.6) is 0 Å². The number of amides is 1. The highest BCUT2D eigenvalue weighted by Crippen LogP contribution is 2.48. The SMILES string of the molecule is CC(Cc1ccc(NC(=O)C2(c3ccccc3)CC2)cc1)C(=O)O. The zero-order chi connectivity index (χ0) is 17.2. The summed E-state index contributed by atoms with van der Waals surface area (Å²) in [6.07, 6.45) is 2.23. The van der Waals surface area contributed by atoms with E-state index in [2.05, 4.69) is 5.32 Å². The highest BCUT2D eigenvalue weighted by molar-refractivity contribution is 6.01. The highest BCUT2D eigenvalue weighted by Gasteiger charge is 2.51. The minimum atomic E-state index is -0.800. The van der Waals surface area contributed by atoms with Gasteiger partial charge in [0.25, 0.3) is 0 Å². The van der Waals surface area contributed by atoms with Crippen molar-refractivity contribution in [1.82, 2.24) is 0 Å². The molecular weight excluding hydrogens is 302 g/mol. The van der Waals surface area contributed by atoms with E-state index in [0.29, 0.717) is 6.42 Å². The van der Waals surface area contributed by atoms with Gasteiger partial charge in [-0.1, -0.05) is 49.4 Å². The molecule has 1 aliphatic carbocycles. The smallest absolute Gasteiger partial charge is 0.306 e. The van der Waals surface area contributed by atoms with E-state index in [1.807, 2.05) is 54.6 Å². The number of carboxylic acid groups (broad SMARTS) is 1. The second-order valence-corrected chi connectivity index (χ2v) is 6.54. The van der Waals surface area contributed by atoms with Gasteiger partial charge in [0.2, 0.25) is 5.91 Å². The Morgan fingerprint density at radius 1 is 1.08 bits per heavy atom. The van der Waals surface area contributed by atoms with Crippen LogP contribution in [0.25, 0.3) is 0 Å². The summed E-state index contributed by atoms with van der Waals surface area (Å²) in [6, 6.07) is 17.3. The summed E-state index contributed by atoms with van der Waals surface area (Å²) in [5.74, 6) is -1.19. The van der Waals surface area contributed by atoms with E-state index >= 15 is 0 Å². The van der Waals surface area contributed by atoms with Crippen LogP contribution in [0.4, 0.5) is 5.69 Å². The van der Waals surface area contributed by atoms with Crippen molar-refractivity contribution in [3.8, 4) is 0 Å². The molecule has 0 heterocycles. The number of hydrogen-bond donors (Lipinski definition) is 2. The van der Waals surface area contributed by atoms with Gasteiger partial charge in [-0.05, 0) is 42.5 Å². The van der Waals surface area contributed by atoms with Gasteiger partial charge in [0.05, 0.1) is 11.3 Å². The van der Waals surface area contributed by atoms with Gasteiger partial charge in [0.1, 0.15) is 0 Å². The molecule has 1 aliphatic rings.